The molecular weight excluding hydrogens is 438 g/mol. The van der Waals surface area contributed by atoms with Gasteiger partial charge in [0, 0.05) is 19.3 Å². The van der Waals surface area contributed by atoms with Crippen LogP contribution in [0.15, 0.2) is 66.3 Å². The van der Waals surface area contributed by atoms with Crippen molar-refractivity contribution in [3.05, 3.63) is 66.7 Å². The molecule has 0 fully saturated rings. The molecule has 2 aromatic carbocycles. The number of carbonyl (C=O) groups is 2. The van der Waals surface area contributed by atoms with E-state index in [-0.39, 0.29) is 24.1 Å². The fraction of sp³-hybridized carbons (Fsp3) is 0.250. The number of nitrogens with zero attached hydrogens (tertiary/aromatic N) is 4. The maximum atomic E-state index is 12.6. The van der Waals surface area contributed by atoms with Gasteiger partial charge in [-0.05, 0) is 31.2 Å². The fourth-order valence-electron chi connectivity index (χ4n) is 3.10. The number of hydrogen-bond acceptors (Lipinski definition) is 6. The second-order valence-electron chi connectivity index (χ2n) is 7.36. The van der Waals surface area contributed by atoms with E-state index < -0.39 is 0 Å². The van der Waals surface area contributed by atoms with Gasteiger partial charge >= 0.3 is 0 Å². The van der Waals surface area contributed by atoms with E-state index in [1.807, 2.05) is 60.0 Å². The zero-order valence-corrected chi connectivity index (χ0v) is 19.8. The van der Waals surface area contributed by atoms with Gasteiger partial charge in [-0.1, -0.05) is 47.7 Å². The number of aryl methyl sites for hydroxylation is 1. The molecule has 0 saturated heterocycles. The Bertz CT molecular complexity index is 1130. The highest BCUT2D eigenvalue weighted by molar-refractivity contribution is 7.99. The van der Waals surface area contributed by atoms with E-state index >= 15 is 0 Å². The molecule has 0 unspecified atom stereocenters. The van der Waals surface area contributed by atoms with E-state index in [1.165, 1.54) is 16.7 Å². The molecule has 9 heteroatoms. The maximum absolute atomic E-state index is 12.6. The minimum atomic E-state index is -0.256. The monoisotopic (exact) mass is 465 g/mol. The first-order valence-electron chi connectivity index (χ1n) is 10.3. The number of aromatic nitrogens is 3. The van der Waals surface area contributed by atoms with Crippen LogP contribution in [-0.2, 0) is 16.1 Å². The highest BCUT2D eigenvalue weighted by Crippen LogP contribution is 2.30. The molecule has 1 aromatic heterocycles. The Kier molecular flexibility index (Phi) is 8.26. The third kappa shape index (κ3) is 6.23. The Morgan fingerprint density at radius 3 is 2.61 bits per heavy atom. The first kappa shape index (κ1) is 24.1. The van der Waals surface area contributed by atoms with Gasteiger partial charge in [0.05, 0.1) is 25.0 Å². The summed E-state index contributed by atoms with van der Waals surface area (Å²) in [7, 11) is 3.21. The van der Waals surface area contributed by atoms with Crippen LogP contribution in [0.5, 0.6) is 5.75 Å². The van der Waals surface area contributed by atoms with Crippen molar-refractivity contribution in [2.75, 3.05) is 31.8 Å². The number of amides is 2. The molecular formula is C24H27N5O3S. The lowest BCUT2D eigenvalue weighted by Gasteiger charge is -2.17. The van der Waals surface area contributed by atoms with Gasteiger partial charge < -0.3 is 15.0 Å². The molecule has 1 heterocycles. The molecule has 0 bridgehead atoms. The molecule has 0 atom stereocenters. The molecule has 0 aliphatic rings. The molecule has 0 spiro atoms. The Morgan fingerprint density at radius 1 is 1.18 bits per heavy atom. The smallest absolute Gasteiger partial charge is 0.243 e. The van der Waals surface area contributed by atoms with E-state index in [0.717, 1.165) is 11.1 Å². The lowest BCUT2D eigenvalue weighted by molar-refractivity contribution is -0.131. The average molecular weight is 466 g/mol. The van der Waals surface area contributed by atoms with Crippen molar-refractivity contribution in [1.29, 1.82) is 0 Å². The van der Waals surface area contributed by atoms with Gasteiger partial charge in [0.15, 0.2) is 11.0 Å². The summed E-state index contributed by atoms with van der Waals surface area (Å²) in [5.41, 5.74) is 2.61. The van der Waals surface area contributed by atoms with Crippen LogP contribution in [0.2, 0.25) is 0 Å². The zero-order valence-electron chi connectivity index (χ0n) is 18.9. The number of hydrogen-bond donors (Lipinski definition) is 1. The summed E-state index contributed by atoms with van der Waals surface area (Å²) < 4.78 is 7.33. The van der Waals surface area contributed by atoms with Gasteiger partial charge in [-0.25, -0.2) is 0 Å². The van der Waals surface area contributed by atoms with Gasteiger partial charge in [-0.2, -0.15) is 0 Å². The Balaban J connectivity index is 1.63. The number of para-hydroxylation sites is 1. The standard InChI is InChI=1S/C24H27N5O3S/c1-5-14-29-23(19-8-6-7-9-20(19)32-4)26-27-24(29)33-16-22(31)28(3)15-21(30)25-18-12-10-17(2)11-13-18/h5-13H,1,14-16H2,2-4H3,(H,25,30). The molecule has 2 amide bonds. The average Bonchev–Trinajstić information content (AvgIpc) is 3.21. The second-order valence-corrected chi connectivity index (χ2v) is 8.30. The van der Waals surface area contributed by atoms with Crippen LogP contribution in [0.1, 0.15) is 5.56 Å². The van der Waals surface area contributed by atoms with E-state index in [1.54, 1.807) is 20.2 Å². The number of thioether (sulfide) groups is 1. The molecule has 0 aliphatic carbocycles. The number of anilines is 1. The topological polar surface area (TPSA) is 89.4 Å². The summed E-state index contributed by atoms with van der Waals surface area (Å²) >= 11 is 1.26. The second kappa shape index (κ2) is 11.3. The van der Waals surface area contributed by atoms with E-state index in [2.05, 4.69) is 22.1 Å². The van der Waals surface area contributed by atoms with Crippen LogP contribution >= 0.6 is 11.8 Å². The molecule has 3 rings (SSSR count). The van der Waals surface area contributed by atoms with Crippen LogP contribution in [0.4, 0.5) is 5.69 Å². The third-order valence-electron chi connectivity index (χ3n) is 4.84. The van der Waals surface area contributed by atoms with Gasteiger partial charge in [0.2, 0.25) is 11.8 Å². The molecule has 33 heavy (non-hydrogen) atoms. The molecule has 0 aliphatic heterocycles. The quantitative estimate of drug-likeness (QED) is 0.363. The summed E-state index contributed by atoms with van der Waals surface area (Å²) in [6, 6.07) is 15.0. The van der Waals surface area contributed by atoms with Crippen LogP contribution in [0.3, 0.4) is 0 Å². The number of benzene rings is 2. The first-order chi connectivity index (χ1) is 15.9. The number of nitrogens with one attached hydrogen (secondary N) is 1. The largest absolute Gasteiger partial charge is 0.496 e. The Hall–Kier alpha value is -3.59. The van der Waals surface area contributed by atoms with Crippen molar-refractivity contribution in [2.24, 2.45) is 0 Å². The molecule has 172 valence electrons. The number of rotatable bonds is 10. The number of methoxy groups -OCH3 is 1. The SMILES string of the molecule is C=CCn1c(SCC(=O)N(C)CC(=O)Nc2ccc(C)cc2)nnc1-c1ccccc1OC. The van der Waals surface area contributed by atoms with Crippen LogP contribution in [-0.4, -0.2) is 57.9 Å². The highest BCUT2D eigenvalue weighted by atomic mass is 32.2. The van der Waals surface area contributed by atoms with Crippen LogP contribution in [0, 0.1) is 6.92 Å². The van der Waals surface area contributed by atoms with Crippen molar-refractivity contribution in [2.45, 2.75) is 18.6 Å². The summed E-state index contributed by atoms with van der Waals surface area (Å²) in [6.45, 7) is 6.23. The fourth-order valence-corrected chi connectivity index (χ4v) is 3.98. The predicted octanol–water partition coefficient (Wildman–Crippen LogP) is 3.64. The van der Waals surface area contributed by atoms with Crippen molar-refractivity contribution < 1.29 is 14.3 Å². The molecule has 8 nitrogen and oxygen atoms in total. The lowest BCUT2D eigenvalue weighted by Crippen LogP contribution is -2.36. The molecule has 0 radical (unpaired) electrons. The van der Waals surface area contributed by atoms with Crippen molar-refractivity contribution >= 4 is 29.3 Å². The maximum Gasteiger partial charge on any atom is 0.243 e. The summed E-state index contributed by atoms with van der Waals surface area (Å²) in [5, 5.41) is 12.0. The van der Waals surface area contributed by atoms with Gasteiger partial charge in [0.1, 0.15) is 5.75 Å². The molecule has 0 saturated carbocycles. The lowest BCUT2D eigenvalue weighted by atomic mass is 10.2. The number of allylic oxidation sites excluding steroid dienone is 1. The van der Waals surface area contributed by atoms with Gasteiger partial charge in [0.25, 0.3) is 0 Å². The summed E-state index contributed by atoms with van der Waals surface area (Å²) in [5.74, 6) is 0.990. The Labute approximate surface area is 197 Å². The minimum Gasteiger partial charge on any atom is -0.496 e. The number of ether oxygens (including phenoxy) is 1. The van der Waals surface area contributed by atoms with Crippen molar-refractivity contribution in [3.8, 4) is 17.1 Å². The van der Waals surface area contributed by atoms with Crippen molar-refractivity contribution in [1.82, 2.24) is 19.7 Å². The summed E-state index contributed by atoms with van der Waals surface area (Å²) in [6.07, 6.45) is 1.75. The van der Waals surface area contributed by atoms with E-state index in [0.29, 0.717) is 29.0 Å². The predicted molar refractivity (Wildman–Crippen MR) is 130 cm³/mol. The summed E-state index contributed by atoms with van der Waals surface area (Å²) in [4.78, 5) is 26.3. The highest BCUT2D eigenvalue weighted by Gasteiger charge is 2.19. The Morgan fingerprint density at radius 2 is 1.91 bits per heavy atom. The van der Waals surface area contributed by atoms with Crippen LogP contribution < -0.4 is 10.1 Å². The number of carbonyl (C=O) groups excluding carboxylic acids is 2. The zero-order chi connectivity index (χ0) is 23.8. The van der Waals surface area contributed by atoms with E-state index in [9.17, 15) is 9.59 Å². The van der Waals surface area contributed by atoms with Crippen molar-refractivity contribution in [3.63, 3.8) is 0 Å². The van der Waals surface area contributed by atoms with Gasteiger partial charge in [-0.3, -0.25) is 14.2 Å². The van der Waals surface area contributed by atoms with E-state index in [4.69, 9.17) is 4.74 Å². The van der Waals surface area contributed by atoms with Crippen LogP contribution in [0.25, 0.3) is 11.4 Å². The normalized spacial score (nSPS) is 10.5. The number of likely N-dealkylation sites (N-methyl/N-ethyl adjacent to an activating group) is 1. The molecule has 3 aromatic rings. The molecule has 1 N–H and O–H groups in total. The van der Waals surface area contributed by atoms with Gasteiger partial charge in [-0.15, -0.1) is 16.8 Å². The third-order valence-corrected chi connectivity index (χ3v) is 5.79. The minimum absolute atomic E-state index is 0.0426. The first-order valence-corrected chi connectivity index (χ1v) is 11.3.